The average molecular weight is 530 g/mol. The van der Waals surface area contributed by atoms with Gasteiger partial charge in [0.25, 0.3) is 6.43 Å². The topological polar surface area (TPSA) is 78.0 Å². The Balaban J connectivity index is 1.74. The van der Waals surface area contributed by atoms with E-state index in [1.54, 1.807) is 62.3 Å². The Kier molecular flexibility index (Phi) is 9.79. The lowest BCUT2D eigenvalue weighted by Gasteiger charge is -2.36. The van der Waals surface area contributed by atoms with E-state index in [1.807, 2.05) is 25.1 Å². The van der Waals surface area contributed by atoms with E-state index in [0.717, 1.165) is 11.3 Å². The fourth-order valence-electron chi connectivity index (χ4n) is 4.13. The number of alkyl carbamates (subject to hydrolysis) is 1. The van der Waals surface area contributed by atoms with Gasteiger partial charge in [-0.1, -0.05) is 18.2 Å². The lowest BCUT2D eigenvalue weighted by Crippen LogP contribution is -2.48. The van der Waals surface area contributed by atoms with Crippen LogP contribution in [0, 0.1) is 0 Å². The predicted molar refractivity (Wildman–Crippen MR) is 144 cm³/mol. The highest BCUT2D eigenvalue weighted by atomic mass is 19.3. The first-order valence-corrected chi connectivity index (χ1v) is 12.6. The molecule has 38 heavy (non-hydrogen) atoms. The molecule has 2 amide bonds. The van der Waals surface area contributed by atoms with Gasteiger partial charge in [-0.25, -0.2) is 13.6 Å². The molecule has 0 bridgehead atoms. The van der Waals surface area contributed by atoms with Gasteiger partial charge >= 0.3 is 6.09 Å². The third-order valence-electron chi connectivity index (χ3n) is 5.98. The highest BCUT2D eigenvalue weighted by Crippen LogP contribution is 2.34. The van der Waals surface area contributed by atoms with Gasteiger partial charge in [0.1, 0.15) is 5.60 Å². The number of nitrogens with one attached hydrogen (secondary N) is 1. The number of ether oxygens (including phenoxy) is 1. The molecule has 0 spiro atoms. The van der Waals surface area contributed by atoms with Crippen molar-refractivity contribution in [2.24, 2.45) is 0 Å². The SMILES string of the molecule is CN(C)C/C=C/C(=O)N1CCN(c2cnccc2-c2ccc(CNC(=O)OC(C)(C)C)c(C(F)F)c2)CC1. The Hall–Kier alpha value is -3.53. The second kappa shape index (κ2) is 12.8. The number of anilines is 1. The number of halogens is 2. The van der Waals surface area contributed by atoms with E-state index in [-0.39, 0.29) is 18.0 Å². The van der Waals surface area contributed by atoms with Crippen molar-refractivity contribution in [3.63, 3.8) is 0 Å². The van der Waals surface area contributed by atoms with Crippen LogP contribution >= 0.6 is 0 Å². The zero-order valence-corrected chi connectivity index (χ0v) is 22.7. The van der Waals surface area contributed by atoms with Crippen molar-refractivity contribution < 1.29 is 23.1 Å². The molecule has 0 saturated carbocycles. The highest BCUT2D eigenvalue weighted by Gasteiger charge is 2.23. The number of rotatable bonds is 8. The summed E-state index contributed by atoms with van der Waals surface area (Å²) in [6.07, 6.45) is 3.44. The number of likely N-dealkylation sites (N-methyl/N-ethyl adjacent to an activating group) is 1. The molecular formula is C28H37F2N5O3. The molecule has 1 saturated heterocycles. The molecule has 10 heteroatoms. The maximum atomic E-state index is 14.0. The van der Waals surface area contributed by atoms with Crippen LogP contribution in [0.25, 0.3) is 11.1 Å². The minimum Gasteiger partial charge on any atom is -0.444 e. The third-order valence-corrected chi connectivity index (χ3v) is 5.98. The van der Waals surface area contributed by atoms with Crippen LogP contribution in [0.15, 0.2) is 48.8 Å². The van der Waals surface area contributed by atoms with Crippen molar-refractivity contribution in [2.75, 3.05) is 51.7 Å². The van der Waals surface area contributed by atoms with Crippen LogP contribution in [-0.2, 0) is 16.1 Å². The second-order valence-electron chi connectivity index (χ2n) is 10.4. The van der Waals surface area contributed by atoms with Crippen molar-refractivity contribution in [1.82, 2.24) is 20.1 Å². The molecule has 1 fully saturated rings. The molecule has 0 aliphatic carbocycles. The number of carbonyl (C=O) groups excluding carboxylic acids is 2. The van der Waals surface area contributed by atoms with E-state index in [0.29, 0.717) is 43.9 Å². The Labute approximate surface area is 223 Å². The zero-order chi connectivity index (χ0) is 27.9. The van der Waals surface area contributed by atoms with Gasteiger partial charge in [0.15, 0.2) is 0 Å². The van der Waals surface area contributed by atoms with Crippen molar-refractivity contribution >= 4 is 17.7 Å². The third kappa shape index (κ3) is 8.24. The van der Waals surface area contributed by atoms with Crippen molar-refractivity contribution in [2.45, 2.75) is 39.3 Å². The van der Waals surface area contributed by atoms with Gasteiger partial charge in [-0.15, -0.1) is 0 Å². The summed E-state index contributed by atoms with van der Waals surface area (Å²) in [5.74, 6) is -0.0185. The normalized spacial score (nSPS) is 14.4. The molecule has 8 nitrogen and oxygen atoms in total. The molecule has 1 aliphatic heterocycles. The number of pyridine rings is 1. The van der Waals surface area contributed by atoms with E-state index in [1.165, 1.54) is 6.07 Å². The monoisotopic (exact) mass is 529 g/mol. The average Bonchev–Trinajstić information content (AvgIpc) is 2.86. The van der Waals surface area contributed by atoms with E-state index in [9.17, 15) is 18.4 Å². The fraction of sp³-hybridized carbons (Fsp3) is 0.464. The highest BCUT2D eigenvalue weighted by molar-refractivity contribution is 5.88. The smallest absolute Gasteiger partial charge is 0.407 e. The lowest BCUT2D eigenvalue weighted by atomic mass is 9.98. The number of piperazine rings is 1. The largest absolute Gasteiger partial charge is 0.444 e. The summed E-state index contributed by atoms with van der Waals surface area (Å²) in [6, 6.07) is 6.65. The van der Waals surface area contributed by atoms with Crippen LogP contribution in [0.5, 0.6) is 0 Å². The van der Waals surface area contributed by atoms with Crippen molar-refractivity contribution in [1.29, 1.82) is 0 Å². The molecule has 0 radical (unpaired) electrons. The van der Waals surface area contributed by atoms with Crippen LogP contribution in [-0.4, -0.2) is 79.2 Å². The van der Waals surface area contributed by atoms with Gasteiger partial charge < -0.3 is 24.8 Å². The Morgan fingerprint density at radius 2 is 1.87 bits per heavy atom. The predicted octanol–water partition coefficient (Wildman–Crippen LogP) is 4.48. The van der Waals surface area contributed by atoms with E-state index in [4.69, 9.17) is 4.74 Å². The van der Waals surface area contributed by atoms with Crippen LogP contribution in [0.3, 0.4) is 0 Å². The van der Waals surface area contributed by atoms with Crippen LogP contribution in [0.1, 0.15) is 38.3 Å². The molecule has 2 heterocycles. The fourth-order valence-corrected chi connectivity index (χ4v) is 4.13. The van der Waals surface area contributed by atoms with Gasteiger partial charge in [0.2, 0.25) is 5.91 Å². The number of benzene rings is 1. The van der Waals surface area contributed by atoms with Gasteiger partial charge in [-0.3, -0.25) is 9.78 Å². The Morgan fingerprint density at radius 1 is 1.16 bits per heavy atom. The number of hydrogen-bond donors (Lipinski definition) is 1. The maximum Gasteiger partial charge on any atom is 0.407 e. The number of alkyl halides is 2. The van der Waals surface area contributed by atoms with Crippen molar-refractivity contribution in [3.05, 3.63) is 59.9 Å². The van der Waals surface area contributed by atoms with E-state index >= 15 is 0 Å². The minimum atomic E-state index is -2.72. The molecule has 1 N–H and O–H groups in total. The molecule has 0 atom stereocenters. The van der Waals surface area contributed by atoms with Gasteiger partial charge in [0, 0.05) is 62.7 Å². The summed E-state index contributed by atoms with van der Waals surface area (Å²) in [7, 11) is 3.88. The lowest BCUT2D eigenvalue weighted by molar-refractivity contribution is -0.126. The summed E-state index contributed by atoms with van der Waals surface area (Å²) in [6.45, 7) is 8.14. The molecule has 206 valence electrons. The standard InChI is InChI=1S/C28H37F2N5O3/c1-28(2,3)38-27(37)32-18-21-9-8-20(17-23(21)26(29)30)22-10-11-31-19-24(22)34-13-15-35(16-14-34)25(36)7-6-12-33(4)5/h6-11,17,19,26H,12-16,18H2,1-5H3,(H,32,37)/b7-6+. The maximum absolute atomic E-state index is 14.0. The van der Waals surface area contributed by atoms with Gasteiger partial charge in [-0.2, -0.15) is 0 Å². The van der Waals surface area contributed by atoms with E-state index in [2.05, 4.69) is 15.2 Å². The molecule has 1 aromatic carbocycles. The molecule has 1 aliphatic rings. The van der Waals surface area contributed by atoms with Gasteiger partial charge in [0.05, 0.1) is 11.9 Å². The van der Waals surface area contributed by atoms with Crippen molar-refractivity contribution in [3.8, 4) is 11.1 Å². The zero-order valence-electron chi connectivity index (χ0n) is 22.7. The summed E-state index contributed by atoms with van der Waals surface area (Å²) in [4.78, 5) is 34.7. The Morgan fingerprint density at radius 3 is 2.50 bits per heavy atom. The first-order valence-electron chi connectivity index (χ1n) is 12.6. The Bertz CT molecular complexity index is 1140. The molecule has 1 aromatic heterocycles. The summed E-state index contributed by atoms with van der Waals surface area (Å²) in [5, 5.41) is 2.55. The number of aromatic nitrogens is 1. The second-order valence-corrected chi connectivity index (χ2v) is 10.4. The molecular weight excluding hydrogens is 492 g/mol. The van der Waals surface area contributed by atoms with Gasteiger partial charge in [-0.05, 0) is 58.1 Å². The first-order chi connectivity index (χ1) is 17.9. The summed E-state index contributed by atoms with van der Waals surface area (Å²) < 4.78 is 33.2. The number of nitrogens with zero attached hydrogens (tertiary/aromatic N) is 4. The van der Waals surface area contributed by atoms with E-state index < -0.39 is 18.1 Å². The van der Waals surface area contributed by atoms with Crippen LogP contribution in [0.2, 0.25) is 0 Å². The molecule has 3 rings (SSSR count). The minimum absolute atomic E-state index is 0.0185. The quantitative estimate of drug-likeness (QED) is 0.509. The number of amides is 2. The molecule has 0 unspecified atom stereocenters. The molecule has 2 aromatic rings. The van der Waals surface area contributed by atoms with Crippen LogP contribution < -0.4 is 10.2 Å². The first kappa shape index (κ1) is 29.0. The van der Waals surface area contributed by atoms with Crippen LogP contribution in [0.4, 0.5) is 19.3 Å². The number of carbonyl (C=O) groups is 2. The summed E-state index contributed by atoms with van der Waals surface area (Å²) >= 11 is 0. The number of hydrogen-bond acceptors (Lipinski definition) is 6. The summed E-state index contributed by atoms with van der Waals surface area (Å²) in [5.41, 5.74) is 1.71.